The second-order valence-corrected chi connectivity index (χ2v) is 10.5. The van der Waals surface area contributed by atoms with Gasteiger partial charge >= 0.3 is 0 Å². The molecule has 0 saturated carbocycles. The predicted molar refractivity (Wildman–Crippen MR) is 138 cm³/mol. The molecular weight excluding hydrogens is 510 g/mol. The predicted octanol–water partition coefficient (Wildman–Crippen LogP) is 2.73. The number of methoxy groups -OCH3 is 1. The first kappa shape index (κ1) is 29.1. The van der Waals surface area contributed by atoms with Gasteiger partial charge in [0.25, 0.3) is 11.8 Å². The summed E-state index contributed by atoms with van der Waals surface area (Å²) in [5.41, 5.74) is 0.770. The maximum atomic E-state index is 13.7. The Balaban J connectivity index is 0.00000456. The molecule has 0 bridgehead atoms. The zero-order valence-corrected chi connectivity index (χ0v) is 22.6. The van der Waals surface area contributed by atoms with E-state index in [0.717, 1.165) is 11.2 Å². The topological polar surface area (TPSA) is 114 Å². The standard InChI is InChI=1S/C24H29N3O7S.ClH/c1-7-34-21-13-16(11-12-20(21)33-5)19(14-35(6,31)32)26-23(29)17-9-8-10-18(22(17)24(26)30)27(15(2)28)25(3)4;/h8-13,19H,7,14H2,1-6H3;1H. The van der Waals surface area contributed by atoms with Crippen molar-refractivity contribution < 1.29 is 32.3 Å². The van der Waals surface area contributed by atoms with Crippen molar-refractivity contribution in [2.24, 2.45) is 0 Å². The number of sulfone groups is 1. The molecule has 196 valence electrons. The van der Waals surface area contributed by atoms with Gasteiger partial charge in [-0.25, -0.2) is 18.4 Å². The van der Waals surface area contributed by atoms with E-state index in [0.29, 0.717) is 23.7 Å². The summed E-state index contributed by atoms with van der Waals surface area (Å²) >= 11 is 0. The molecule has 3 rings (SSSR count). The number of hydrogen-bond donors (Lipinski definition) is 0. The lowest BCUT2D eigenvalue weighted by Gasteiger charge is -2.29. The van der Waals surface area contributed by atoms with E-state index in [1.54, 1.807) is 51.4 Å². The molecule has 0 fully saturated rings. The summed E-state index contributed by atoms with van der Waals surface area (Å²) in [6.45, 7) is 3.47. The third kappa shape index (κ3) is 5.63. The van der Waals surface area contributed by atoms with Gasteiger partial charge in [0.05, 0.1) is 42.3 Å². The Hall–Kier alpha value is -3.15. The molecule has 1 heterocycles. The van der Waals surface area contributed by atoms with Crippen LogP contribution >= 0.6 is 12.4 Å². The Labute approximate surface area is 217 Å². The minimum absolute atomic E-state index is 0. The number of fused-ring (bicyclic) bond motifs is 1. The van der Waals surface area contributed by atoms with Crippen LogP contribution in [-0.2, 0) is 14.6 Å². The van der Waals surface area contributed by atoms with Gasteiger partial charge in [-0.15, -0.1) is 12.4 Å². The minimum atomic E-state index is -3.63. The quantitative estimate of drug-likeness (QED) is 0.353. The molecule has 3 amide bonds. The van der Waals surface area contributed by atoms with Crippen molar-refractivity contribution >= 4 is 45.7 Å². The number of halogens is 1. The molecule has 2 aromatic rings. The molecule has 0 saturated heterocycles. The van der Waals surface area contributed by atoms with Crippen molar-refractivity contribution in [2.75, 3.05) is 44.8 Å². The number of carbonyl (C=O) groups is 3. The van der Waals surface area contributed by atoms with Crippen molar-refractivity contribution in [3.63, 3.8) is 0 Å². The second kappa shape index (κ2) is 11.3. The number of hydrazine groups is 1. The fraction of sp³-hybridized carbons (Fsp3) is 0.375. The van der Waals surface area contributed by atoms with Crippen molar-refractivity contribution in [3.05, 3.63) is 53.1 Å². The van der Waals surface area contributed by atoms with Gasteiger partial charge in [0.2, 0.25) is 5.91 Å². The van der Waals surface area contributed by atoms with Crippen LogP contribution in [-0.4, -0.2) is 75.9 Å². The molecule has 0 aliphatic carbocycles. The number of carbonyl (C=O) groups excluding carboxylic acids is 3. The Bertz CT molecular complexity index is 1280. The van der Waals surface area contributed by atoms with Gasteiger partial charge in [-0.2, -0.15) is 0 Å². The summed E-state index contributed by atoms with van der Waals surface area (Å²) in [5, 5.41) is 2.78. The minimum Gasteiger partial charge on any atom is -0.493 e. The van der Waals surface area contributed by atoms with Crippen molar-refractivity contribution in [2.45, 2.75) is 19.9 Å². The Morgan fingerprint density at radius 3 is 2.28 bits per heavy atom. The zero-order chi connectivity index (χ0) is 26.1. The average molecular weight is 540 g/mol. The van der Waals surface area contributed by atoms with Gasteiger partial charge in [0, 0.05) is 27.3 Å². The SMILES string of the molecule is CCOc1cc(C(CS(C)(=O)=O)N2C(=O)c3cccc(N(C(C)=O)N(C)C)c3C2=O)ccc1OC.Cl. The van der Waals surface area contributed by atoms with E-state index in [1.807, 2.05) is 0 Å². The largest absolute Gasteiger partial charge is 0.493 e. The molecule has 1 atom stereocenters. The number of hydrogen-bond acceptors (Lipinski definition) is 8. The van der Waals surface area contributed by atoms with Gasteiger partial charge in [0.15, 0.2) is 11.5 Å². The van der Waals surface area contributed by atoms with Crippen LogP contribution < -0.4 is 14.5 Å². The first-order valence-corrected chi connectivity index (χ1v) is 12.9. The summed E-state index contributed by atoms with van der Waals surface area (Å²) in [6, 6.07) is 8.29. The highest BCUT2D eigenvalue weighted by Gasteiger charge is 2.44. The fourth-order valence-electron chi connectivity index (χ4n) is 4.19. The van der Waals surface area contributed by atoms with Crippen LogP contribution in [0.15, 0.2) is 36.4 Å². The van der Waals surface area contributed by atoms with Crippen LogP contribution in [0.25, 0.3) is 0 Å². The van der Waals surface area contributed by atoms with E-state index in [2.05, 4.69) is 0 Å². The van der Waals surface area contributed by atoms with E-state index >= 15 is 0 Å². The van der Waals surface area contributed by atoms with Crippen molar-refractivity contribution in [1.29, 1.82) is 0 Å². The van der Waals surface area contributed by atoms with Gasteiger partial charge in [-0.3, -0.25) is 19.3 Å². The maximum Gasteiger partial charge on any atom is 0.264 e. The lowest BCUT2D eigenvalue weighted by Crippen LogP contribution is -2.42. The Morgan fingerprint density at radius 1 is 1.08 bits per heavy atom. The van der Waals surface area contributed by atoms with Gasteiger partial charge in [0.1, 0.15) is 9.84 Å². The van der Waals surface area contributed by atoms with Crippen LogP contribution in [0.3, 0.4) is 0 Å². The summed E-state index contributed by atoms with van der Waals surface area (Å²) in [5.74, 6) is -1.38. The van der Waals surface area contributed by atoms with Crippen LogP contribution in [0.4, 0.5) is 5.69 Å². The number of imide groups is 1. The summed E-state index contributed by atoms with van der Waals surface area (Å²) < 4.78 is 35.7. The molecule has 10 nitrogen and oxygen atoms in total. The molecule has 0 spiro atoms. The molecule has 1 aliphatic heterocycles. The Morgan fingerprint density at radius 2 is 1.75 bits per heavy atom. The van der Waals surface area contributed by atoms with E-state index in [1.165, 1.54) is 30.1 Å². The normalized spacial score (nSPS) is 13.8. The molecule has 12 heteroatoms. The van der Waals surface area contributed by atoms with Gasteiger partial charge in [-0.1, -0.05) is 12.1 Å². The van der Waals surface area contributed by atoms with E-state index < -0.39 is 33.4 Å². The highest BCUT2D eigenvalue weighted by atomic mass is 35.5. The molecule has 1 unspecified atom stereocenters. The third-order valence-electron chi connectivity index (χ3n) is 5.50. The lowest BCUT2D eigenvalue weighted by molar-refractivity contribution is -0.118. The monoisotopic (exact) mass is 539 g/mol. The summed E-state index contributed by atoms with van der Waals surface area (Å²) in [6.07, 6.45) is 1.04. The zero-order valence-electron chi connectivity index (χ0n) is 21.0. The lowest BCUT2D eigenvalue weighted by atomic mass is 10.1. The first-order chi connectivity index (χ1) is 16.4. The highest BCUT2D eigenvalue weighted by molar-refractivity contribution is 7.90. The molecule has 1 aliphatic rings. The maximum absolute atomic E-state index is 13.7. The third-order valence-corrected chi connectivity index (χ3v) is 6.42. The number of anilines is 1. The number of nitrogens with zero attached hydrogens (tertiary/aromatic N) is 3. The number of amides is 3. The van der Waals surface area contributed by atoms with Crippen LogP contribution in [0.5, 0.6) is 11.5 Å². The van der Waals surface area contributed by atoms with E-state index in [4.69, 9.17) is 9.47 Å². The molecule has 36 heavy (non-hydrogen) atoms. The smallest absolute Gasteiger partial charge is 0.264 e. The first-order valence-electron chi connectivity index (χ1n) is 10.9. The molecule has 0 radical (unpaired) electrons. The van der Waals surface area contributed by atoms with E-state index in [-0.39, 0.29) is 35.1 Å². The molecule has 2 aromatic carbocycles. The number of rotatable bonds is 9. The Kier molecular flexibility index (Phi) is 9.11. The van der Waals surface area contributed by atoms with Crippen LogP contribution in [0.1, 0.15) is 46.2 Å². The van der Waals surface area contributed by atoms with Crippen molar-refractivity contribution in [3.8, 4) is 11.5 Å². The van der Waals surface area contributed by atoms with Gasteiger partial charge < -0.3 is 9.47 Å². The van der Waals surface area contributed by atoms with Crippen LogP contribution in [0.2, 0.25) is 0 Å². The fourth-order valence-corrected chi connectivity index (χ4v) is 5.10. The van der Waals surface area contributed by atoms with E-state index in [9.17, 15) is 22.8 Å². The molecule has 0 N–H and O–H groups in total. The highest BCUT2D eigenvalue weighted by Crippen LogP contribution is 2.39. The summed E-state index contributed by atoms with van der Waals surface area (Å²) in [4.78, 5) is 40.5. The molecular formula is C24H30ClN3O7S. The second-order valence-electron chi connectivity index (χ2n) is 8.31. The molecule has 0 aromatic heterocycles. The number of ether oxygens (including phenoxy) is 2. The average Bonchev–Trinajstić information content (AvgIpc) is 3.02. The summed E-state index contributed by atoms with van der Waals surface area (Å²) in [7, 11) is 1.12. The number of benzene rings is 2. The van der Waals surface area contributed by atoms with Gasteiger partial charge in [-0.05, 0) is 36.8 Å². The van der Waals surface area contributed by atoms with Crippen LogP contribution in [0, 0.1) is 0 Å². The van der Waals surface area contributed by atoms with Crippen molar-refractivity contribution in [1.82, 2.24) is 9.91 Å².